The molecule has 0 radical (unpaired) electrons. The van der Waals surface area contributed by atoms with Crippen LogP contribution in [0.15, 0.2) is 48.5 Å². The summed E-state index contributed by atoms with van der Waals surface area (Å²) in [6.07, 6.45) is -12.0. The van der Waals surface area contributed by atoms with Crippen LogP contribution in [0.2, 0.25) is 0 Å². The number of ether oxygens (including phenoxy) is 1. The first kappa shape index (κ1) is 60.5. The van der Waals surface area contributed by atoms with Gasteiger partial charge in [-0.2, -0.15) is 154 Å². The smallest absolute Gasteiger partial charge is 0.452 e. The Morgan fingerprint density at radius 3 is 0.775 bits per heavy atom. The lowest BCUT2D eigenvalue weighted by Crippen LogP contribution is -2.80. The van der Waals surface area contributed by atoms with Crippen LogP contribution in [-0.2, 0) is 9.53 Å². The quantitative estimate of drug-likeness (QED) is 0.110. The van der Waals surface area contributed by atoms with Crippen LogP contribution in [0.25, 0.3) is 12.2 Å². The van der Waals surface area contributed by atoms with Gasteiger partial charge in [0, 0.05) is 11.1 Å². The van der Waals surface area contributed by atoms with Crippen molar-refractivity contribution < 1.29 is 163 Å². The van der Waals surface area contributed by atoms with Crippen LogP contribution in [0.1, 0.15) is 34.8 Å². The highest BCUT2D eigenvalue weighted by molar-refractivity contribution is 5.78. The number of hydrogen-bond donors (Lipinski definition) is 0. The number of esters is 1. The summed E-state index contributed by atoms with van der Waals surface area (Å²) >= 11 is 0. The molecular weight excluding hydrogens is 1110 g/mol. The van der Waals surface area contributed by atoms with E-state index < -0.39 is 119 Å². The summed E-state index contributed by atoms with van der Waals surface area (Å²) in [7, 11) is 0. The minimum absolute atomic E-state index is 0.0324. The van der Waals surface area contributed by atoms with Crippen molar-refractivity contribution in [1.82, 2.24) is 0 Å². The van der Waals surface area contributed by atoms with Crippen LogP contribution < -0.4 is 0 Å². The van der Waals surface area contributed by atoms with Gasteiger partial charge in [0.2, 0.25) is 0 Å². The fourth-order valence-corrected chi connectivity index (χ4v) is 5.71. The lowest BCUT2D eigenvalue weighted by Gasteiger charge is -2.47. The molecule has 0 saturated carbocycles. The standard InChI is InChI=1S/C34H13F35O2/c35-18(36,11-16(70)71-17-14-7-3-1-5-12(14)9-10-13-6-2-4-8-15(13)17)19(37,38)20(39,40)21(41,42)22(43,44)23(45,46)24(47,48)25(49,50)26(51,52)27(53,54)28(55,56)29(57,58)30(59,60)31(61,62)32(63,64)33(65,66)34(67,68)69/h1-10,17H,11H2. The van der Waals surface area contributed by atoms with E-state index in [4.69, 9.17) is 0 Å². The summed E-state index contributed by atoms with van der Waals surface area (Å²) in [4.78, 5) is 12.5. The Bertz CT molecular complexity index is 2290. The van der Waals surface area contributed by atoms with E-state index in [1.54, 1.807) is 0 Å². The molecule has 71 heavy (non-hydrogen) atoms. The van der Waals surface area contributed by atoms with E-state index in [1.165, 1.54) is 36.4 Å². The third-order valence-electron chi connectivity index (χ3n) is 9.95. The van der Waals surface area contributed by atoms with E-state index in [0.717, 1.165) is 24.3 Å². The second-order valence-electron chi connectivity index (χ2n) is 14.5. The molecule has 3 rings (SSSR count). The Morgan fingerprint density at radius 2 is 0.535 bits per heavy atom. The number of halogens is 35. The zero-order valence-corrected chi connectivity index (χ0v) is 32.1. The van der Waals surface area contributed by atoms with Crippen LogP contribution in [0.3, 0.4) is 0 Å². The lowest BCUT2D eigenvalue weighted by atomic mass is 9.82. The first-order valence-corrected chi connectivity index (χ1v) is 17.1. The molecule has 0 aliphatic heterocycles. The molecule has 406 valence electrons. The highest BCUT2D eigenvalue weighted by Gasteiger charge is 3.02. The Labute approximate surface area is 366 Å². The maximum atomic E-state index is 14.7. The van der Waals surface area contributed by atoms with Gasteiger partial charge in [0.25, 0.3) is 0 Å². The van der Waals surface area contributed by atoms with E-state index in [-0.39, 0.29) is 22.3 Å². The largest absolute Gasteiger partial charge is 0.460 e. The second kappa shape index (κ2) is 16.6. The van der Waals surface area contributed by atoms with Crippen LogP contribution in [0, 0.1) is 0 Å². The summed E-state index contributed by atoms with van der Waals surface area (Å²) in [6, 6.07) is 8.98. The van der Waals surface area contributed by atoms with Crippen molar-refractivity contribution in [1.29, 1.82) is 0 Å². The third-order valence-corrected chi connectivity index (χ3v) is 9.95. The van der Waals surface area contributed by atoms with E-state index in [2.05, 4.69) is 4.74 Å². The summed E-state index contributed by atoms with van der Waals surface area (Å²) in [6.45, 7) is 0. The molecule has 1 aliphatic rings. The predicted octanol–water partition coefficient (Wildman–Crippen LogP) is 14.9. The molecule has 2 aromatic carbocycles. The fourth-order valence-electron chi connectivity index (χ4n) is 5.71. The molecule has 0 N–H and O–H groups in total. The molecule has 0 amide bonds. The first-order chi connectivity index (χ1) is 30.9. The van der Waals surface area contributed by atoms with Crippen molar-refractivity contribution in [2.24, 2.45) is 0 Å². The average molecular weight is 1120 g/mol. The van der Waals surface area contributed by atoms with Gasteiger partial charge in [0.15, 0.2) is 6.10 Å². The Balaban J connectivity index is 2.11. The first-order valence-electron chi connectivity index (χ1n) is 17.1. The molecular formula is C34H13F35O2. The Hall–Kier alpha value is -4.80. The van der Waals surface area contributed by atoms with Crippen LogP contribution in [0.4, 0.5) is 154 Å². The summed E-state index contributed by atoms with van der Waals surface area (Å²) in [5, 5.41) is 0. The molecule has 37 heteroatoms. The number of fused-ring (bicyclic) bond motifs is 2. The summed E-state index contributed by atoms with van der Waals surface area (Å²) < 4.78 is 493. The molecule has 0 saturated heterocycles. The molecule has 0 heterocycles. The zero-order chi connectivity index (χ0) is 56.4. The Kier molecular flexibility index (Phi) is 14.2. The Morgan fingerprint density at radius 1 is 0.324 bits per heavy atom. The monoisotopic (exact) mass is 1120 g/mol. The second-order valence-corrected chi connectivity index (χ2v) is 14.5. The van der Waals surface area contributed by atoms with Gasteiger partial charge < -0.3 is 4.74 Å². The number of benzene rings is 2. The van der Waals surface area contributed by atoms with Gasteiger partial charge in [-0.15, -0.1) is 0 Å². The number of alkyl halides is 35. The SMILES string of the molecule is O=C(CC(F)(F)C(F)(F)C(F)(F)C(F)(F)C(F)(F)C(F)(F)C(F)(F)C(F)(F)C(F)(F)C(F)(F)C(F)(F)C(F)(F)C(F)(F)C(F)(F)C(F)(F)C(F)(F)C(F)(F)F)OC1c2ccccc2C=Cc2ccccc21. The minimum Gasteiger partial charge on any atom is -0.452 e. The topological polar surface area (TPSA) is 26.3 Å². The van der Waals surface area contributed by atoms with Crippen LogP contribution in [-0.4, -0.2) is 107 Å². The molecule has 2 aromatic rings. The van der Waals surface area contributed by atoms with E-state index >= 15 is 0 Å². The molecule has 1 aliphatic carbocycles. The van der Waals surface area contributed by atoms with Crippen LogP contribution >= 0.6 is 0 Å². The fraction of sp³-hybridized carbons (Fsp3) is 0.559. The molecule has 0 aromatic heterocycles. The van der Waals surface area contributed by atoms with Gasteiger partial charge in [-0.1, -0.05) is 60.7 Å². The van der Waals surface area contributed by atoms with E-state index in [1.807, 2.05) is 0 Å². The molecule has 0 spiro atoms. The predicted molar refractivity (Wildman–Crippen MR) is 160 cm³/mol. The maximum Gasteiger partial charge on any atom is 0.460 e. The zero-order valence-electron chi connectivity index (χ0n) is 32.1. The summed E-state index contributed by atoms with van der Waals surface area (Å²) in [5.74, 6) is -159. The van der Waals surface area contributed by atoms with Crippen LogP contribution in [0.5, 0.6) is 0 Å². The van der Waals surface area contributed by atoms with Gasteiger partial charge >= 0.3 is 107 Å². The van der Waals surface area contributed by atoms with Crippen molar-refractivity contribution in [3.8, 4) is 0 Å². The van der Waals surface area contributed by atoms with Crippen molar-refractivity contribution >= 4 is 18.1 Å². The summed E-state index contributed by atoms with van der Waals surface area (Å²) in [5.41, 5.74) is -0.693. The van der Waals surface area contributed by atoms with Crippen molar-refractivity contribution in [2.45, 2.75) is 113 Å². The molecule has 0 atom stereocenters. The third kappa shape index (κ3) is 7.76. The molecule has 0 unspecified atom stereocenters. The number of rotatable bonds is 18. The molecule has 0 fully saturated rings. The van der Waals surface area contributed by atoms with Crippen molar-refractivity contribution in [3.05, 3.63) is 70.8 Å². The molecule has 0 bridgehead atoms. The average Bonchev–Trinajstić information content (AvgIpc) is 3.35. The van der Waals surface area contributed by atoms with Gasteiger partial charge in [-0.05, 0) is 11.1 Å². The van der Waals surface area contributed by atoms with Gasteiger partial charge in [-0.25, -0.2) is 0 Å². The number of hydrogen-bond acceptors (Lipinski definition) is 2. The van der Waals surface area contributed by atoms with E-state index in [0.29, 0.717) is 0 Å². The highest BCUT2D eigenvalue weighted by Crippen LogP contribution is 2.70. The number of carbonyl (C=O) groups is 1. The normalized spacial score (nSPS) is 16.7. The highest BCUT2D eigenvalue weighted by atomic mass is 19.4. The molecule has 2 nitrogen and oxygen atoms in total. The van der Waals surface area contributed by atoms with E-state index in [9.17, 15) is 158 Å². The lowest BCUT2D eigenvalue weighted by molar-refractivity contribution is -0.492. The van der Waals surface area contributed by atoms with Gasteiger partial charge in [0.05, 0.1) is 0 Å². The number of carbonyl (C=O) groups excluding carboxylic acids is 1. The minimum atomic E-state index is -10.4. The van der Waals surface area contributed by atoms with Crippen molar-refractivity contribution in [3.63, 3.8) is 0 Å². The maximum absolute atomic E-state index is 14.7. The van der Waals surface area contributed by atoms with Crippen molar-refractivity contribution in [2.75, 3.05) is 0 Å². The van der Waals surface area contributed by atoms with Gasteiger partial charge in [0.1, 0.15) is 6.42 Å². The van der Waals surface area contributed by atoms with Gasteiger partial charge in [-0.3, -0.25) is 4.79 Å².